The van der Waals surface area contributed by atoms with Gasteiger partial charge in [0.05, 0.1) is 24.5 Å². The van der Waals surface area contributed by atoms with Gasteiger partial charge in [-0.15, -0.1) is 0 Å². The van der Waals surface area contributed by atoms with E-state index in [0.29, 0.717) is 17.8 Å². The van der Waals surface area contributed by atoms with Crippen LogP contribution in [-0.2, 0) is 16.9 Å². The van der Waals surface area contributed by atoms with Gasteiger partial charge in [-0.2, -0.15) is 0 Å². The summed E-state index contributed by atoms with van der Waals surface area (Å²) >= 11 is 0. The number of fused-ring (bicyclic) bond motifs is 1. The lowest BCUT2D eigenvalue weighted by atomic mass is 9.91. The van der Waals surface area contributed by atoms with Crippen molar-refractivity contribution >= 4 is 17.3 Å². The molecule has 1 aliphatic rings. The first-order valence-corrected chi connectivity index (χ1v) is 9.26. The van der Waals surface area contributed by atoms with E-state index in [2.05, 4.69) is 5.32 Å². The third-order valence-corrected chi connectivity index (χ3v) is 5.24. The number of aryl methyl sites for hydroxylation is 1. The van der Waals surface area contributed by atoms with E-state index in [4.69, 9.17) is 0 Å². The zero-order valence-electron chi connectivity index (χ0n) is 15.8. The van der Waals surface area contributed by atoms with Crippen LogP contribution in [-0.4, -0.2) is 17.6 Å². The molecule has 3 aromatic rings. The van der Waals surface area contributed by atoms with E-state index >= 15 is 0 Å². The molecule has 0 aliphatic carbocycles. The number of halogens is 2. The van der Waals surface area contributed by atoms with Crippen molar-refractivity contribution in [2.75, 3.05) is 16.8 Å². The van der Waals surface area contributed by atoms with Crippen molar-refractivity contribution < 1.29 is 18.7 Å². The fraction of sp³-hybridized carbons (Fsp3) is 0.174. The van der Waals surface area contributed by atoms with E-state index in [-0.39, 0.29) is 5.69 Å². The number of aliphatic hydroxyl groups excluding tert-OH is 1. The molecule has 1 aliphatic heterocycles. The summed E-state index contributed by atoms with van der Waals surface area (Å²) in [6.45, 7) is 1.72. The summed E-state index contributed by atoms with van der Waals surface area (Å²) in [5.74, 6) is -1.95. The predicted octanol–water partition coefficient (Wildman–Crippen LogP) is 4.12. The van der Waals surface area contributed by atoms with Crippen molar-refractivity contribution in [1.29, 1.82) is 0 Å². The molecule has 0 spiro atoms. The van der Waals surface area contributed by atoms with E-state index in [1.807, 2.05) is 31.2 Å². The van der Waals surface area contributed by atoms with Crippen LogP contribution in [0.3, 0.4) is 0 Å². The molecule has 1 amide bonds. The Morgan fingerprint density at radius 1 is 1.03 bits per heavy atom. The molecule has 0 bridgehead atoms. The minimum atomic E-state index is -1.56. The lowest BCUT2D eigenvalue weighted by Crippen LogP contribution is -2.48. The predicted molar refractivity (Wildman–Crippen MR) is 108 cm³/mol. The molecule has 1 atom stereocenters. The highest BCUT2D eigenvalue weighted by Gasteiger charge is 2.51. The molecular formula is C23H20F2N2O2. The van der Waals surface area contributed by atoms with Gasteiger partial charge in [-0.05, 0) is 30.7 Å². The maximum atomic E-state index is 14.3. The minimum absolute atomic E-state index is 0.0548. The third-order valence-electron chi connectivity index (χ3n) is 5.24. The maximum Gasteiger partial charge on any atom is 0.260 e. The second kappa shape index (κ2) is 7.29. The van der Waals surface area contributed by atoms with Gasteiger partial charge in [0, 0.05) is 11.6 Å². The maximum absolute atomic E-state index is 14.3. The Bertz CT molecular complexity index is 1070. The Balaban J connectivity index is 1.76. The van der Waals surface area contributed by atoms with Crippen LogP contribution in [0.15, 0.2) is 66.7 Å². The highest BCUT2D eigenvalue weighted by atomic mass is 19.1. The molecule has 0 saturated carbocycles. The molecular weight excluding hydrogens is 374 g/mol. The van der Waals surface area contributed by atoms with Crippen LogP contribution in [0.4, 0.5) is 20.2 Å². The SMILES string of the molecule is Cc1ccc(CN2C(=O)C(CO)(Nc3ccc(F)cc3F)c3ccccc32)cc1. The van der Waals surface area contributed by atoms with Crippen molar-refractivity contribution in [1.82, 2.24) is 0 Å². The minimum Gasteiger partial charge on any atom is -0.393 e. The standard InChI is InChI=1S/C23H20F2N2O2/c1-15-6-8-16(9-7-15)13-27-21-5-3-2-4-18(21)23(14-28,22(27)29)26-20-11-10-17(24)12-19(20)25/h2-12,26,28H,13-14H2,1H3. The van der Waals surface area contributed by atoms with Gasteiger partial charge in [0.1, 0.15) is 11.6 Å². The van der Waals surface area contributed by atoms with Crippen LogP contribution in [0.1, 0.15) is 16.7 Å². The number of nitrogens with one attached hydrogen (secondary N) is 1. The number of aliphatic hydroxyl groups is 1. The molecule has 148 valence electrons. The fourth-order valence-electron chi connectivity index (χ4n) is 3.69. The Morgan fingerprint density at radius 2 is 1.76 bits per heavy atom. The Kier molecular flexibility index (Phi) is 4.80. The summed E-state index contributed by atoms with van der Waals surface area (Å²) in [5.41, 5.74) is 1.62. The number of benzene rings is 3. The molecule has 4 rings (SSSR count). The molecule has 1 unspecified atom stereocenters. The van der Waals surface area contributed by atoms with Crippen molar-refractivity contribution in [2.45, 2.75) is 19.0 Å². The van der Waals surface area contributed by atoms with Gasteiger partial charge < -0.3 is 15.3 Å². The second-order valence-electron chi connectivity index (χ2n) is 7.21. The van der Waals surface area contributed by atoms with E-state index in [9.17, 15) is 18.7 Å². The second-order valence-corrected chi connectivity index (χ2v) is 7.21. The zero-order chi connectivity index (χ0) is 20.6. The molecule has 2 N–H and O–H groups in total. The molecule has 0 aromatic heterocycles. The van der Waals surface area contributed by atoms with Crippen molar-refractivity contribution in [3.8, 4) is 0 Å². The highest BCUT2D eigenvalue weighted by molar-refractivity contribution is 6.09. The van der Waals surface area contributed by atoms with Crippen LogP contribution < -0.4 is 10.2 Å². The Morgan fingerprint density at radius 3 is 2.45 bits per heavy atom. The van der Waals surface area contributed by atoms with E-state index < -0.39 is 29.7 Å². The molecule has 3 aromatic carbocycles. The Hall–Kier alpha value is -3.25. The molecule has 29 heavy (non-hydrogen) atoms. The Labute approximate surface area is 167 Å². The first-order chi connectivity index (χ1) is 13.9. The van der Waals surface area contributed by atoms with Gasteiger partial charge in [0.15, 0.2) is 5.54 Å². The quantitative estimate of drug-likeness (QED) is 0.685. The number of hydrogen-bond donors (Lipinski definition) is 2. The van der Waals surface area contributed by atoms with Crippen molar-refractivity contribution in [3.63, 3.8) is 0 Å². The van der Waals surface area contributed by atoms with E-state index in [1.165, 1.54) is 6.07 Å². The normalized spacial score (nSPS) is 18.1. The highest BCUT2D eigenvalue weighted by Crippen LogP contribution is 2.43. The van der Waals surface area contributed by atoms with E-state index in [1.54, 1.807) is 29.2 Å². The first kappa shape index (κ1) is 19.1. The number of hydrogen-bond acceptors (Lipinski definition) is 3. The number of anilines is 2. The molecule has 0 saturated heterocycles. The number of carbonyl (C=O) groups excluding carboxylic acids is 1. The summed E-state index contributed by atoms with van der Waals surface area (Å²) < 4.78 is 27.6. The van der Waals surface area contributed by atoms with Crippen LogP contribution in [0.2, 0.25) is 0 Å². The molecule has 0 fully saturated rings. The summed E-state index contributed by atoms with van der Waals surface area (Å²) in [7, 11) is 0. The number of rotatable bonds is 5. The third kappa shape index (κ3) is 3.25. The zero-order valence-corrected chi connectivity index (χ0v) is 15.8. The lowest BCUT2D eigenvalue weighted by molar-refractivity contribution is -0.123. The molecule has 6 heteroatoms. The topological polar surface area (TPSA) is 52.6 Å². The number of para-hydroxylation sites is 1. The molecule has 4 nitrogen and oxygen atoms in total. The van der Waals surface area contributed by atoms with Crippen molar-refractivity contribution in [2.24, 2.45) is 0 Å². The number of carbonyl (C=O) groups is 1. The lowest BCUT2D eigenvalue weighted by Gasteiger charge is -2.29. The van der Waals surface area contributed by atoms with Gasteiger partial charge in [0.25, 0.3) is 5.91 Å². The van der Waals surface area contributed by atoms with E-state index in [0.717, 1.165) is 23.3 Å². The molecule has 1 heterocycles. The van der Waals surface area contributed by atoms with Gasteiger partial charge in [-0.1, -0.05) is 48.0 Å². The summed E-state index contributed by atoms with van der Waals surface area (Å²) in [4.78, 5) is 15.1. The molecule has 0 radical (unpaired) electrons. The van der Waals surface area contributed by atoms with Crippen LogP contribution in [0.25, 0.3) is 0 Å². The van der Waals surface area contributed by atoms with Crippen molar-refractivity contribution in [3.05, 3.63) is 95.1 Å². The number of amides is 1. The van der Waals surface area contributed by atoms with Gasteiger partial charge >= 0.3 is 0 Å². The van der Waals surface area contributed by atoms with Gasteiger partial charge in [0.2, 0.25) is 0 Å². The summed E-state index contributed by atoms with van der Waals surface area (Å²) in [5, 5.41) is 13.1. The van der Waals surface area contributed by atoms with Gasteiger partial charge in [-0.25, -0.2) is 8.78 Å². The largest absolute Gasteiger partial charge is 0.393 e. The average molecular weight is 394 g/mol. The number of nitrogens with zero attached hydrogens (tertiary/aromatic N) is 1. The van der Waals surface area contributed by atoms with Gasteiger partial charge in [-0.3, -0.25) is 4.79 Å². The first-order valence-electron chi connectivity index (χ1n) is 9.26. The summed E-state index contributed by atoms with van der Waals surface area (Å²) in [6.07, 6.45) is 0. The summed E-state index contributed by atoms with van der Waals surface area (Å²) in [6, 6.07) is 18.0. The average Bonchev–Trinajstić information content (AvgIpc) is 2.95. The van der Waals surface area contributed by atoms with Crippen LogP contribution >= 0.6 is 0 Å². The fourth-order valence-corrected chi connectivity index (χ4v) is 3.69. The van der Waals surface area contributed by atoms with Crippen LogP contribution in [0, 0.1) is 18.6 Å². The monoisotopic (exact) mass is 394 g/mol. The smallest absolute Gasteiger partial charge is 0.260 e. The van der Waals surface area contributed by atoms with Crippen LogP contribution in [0.5, 0.6) is 0 Å².